The molecule has 3 aromatic rings. The van der Waals surface area contributed by atoms with Gasteiger partial charge in [-0.15, -0.1) is 0 Å². The van der Waals surface area contributed by atoms with Crippen molar-refractivity contribution in [3.05, 3.63) is 63.8 Å². The van der Waals surface area contributed by atoms with Crippen molar-refractivity contribution in [3.8, 4) is 0 Å². The van der Waals surface area contributed by atoms with Crippen molar-refractivity contribution in [1.82, 2.24) is 9.71 Å². The maximum absolute atomic E-state index is 12.5. The number of aromatic amines is 1. The number of halogens is 1. The summed E-state index contributed by atoms with van der Waals surface area (Å²) in [6.07, 6.45) is 0.860. The van der Waals surface area contributed by atoms with E-state index >= 15 is 0 Å². The van der Waals surface area contributed by atoms with E-state index in [2.05, 4.69) is 32.6 Å². The number of carbonyl (C=O) groups excluding carboxylic acids is 1. The zero-order chi connectivity index (χ0) is 18.2. The molecule has 130 valence electrons. The Hall–Kier alpha value is -2.12. The Balaban J connectivity index is 1.95. The van der Waals surface area contributed by atoms with Gasteiger partial charge in [0.15, 0.2) is 0 Å². The van der Waals surface area contributed by atoms with E-state index in [0.717, 1.165) is 28.6 Å². The van der Waals surface area contributed by atoms with Gasteiger partial charge in [0, 0.05) is 26.6 Å². The van der Waals surface area contributed by atoms with Gasteiger partial charge in [0.1, 0.15) is 4.90 Å². The molecule has 2 aromatic carbocycles. The van der Waals surface area contributed by atoms with Crippen LogP contribution in [0.3, 0.4) is 0 Å². The molecule has 3 rings (SSSR count). The first-order valence-electron chi connectivity index (χ1n) is 7.76. The van der Waals surface area contributed by atoms with E-state index in [4.69, 9.17) is 0 Å². The minimum absolute atomic E-state index is 0.0236. The number of hydrogen-bond acceptors (Lipinski definition) is 3. The minimum Gasteiger partial charge on any atom is -0.358 e. The van der Waals surface area contributed by atoms with Gasteiger partial charge in [-0.3, -0.25) is 4.79 Å². The fourth-order valence-electron chi connectivity index (χ4n) is 2.78. The number of rotatable bonds is 4. The lowest BCUT2D eigenvalue weighted by molar-refractivity contribution is 0.0981. The fourth-order valence-corrected chi connectivity index (χ4v) is 4.75. The van der Waals surface area contributed by atoms with E-state index in [1.165, 1.54) is 6.07 Å². The van der Waals surface area contributed by atoms with Crippen LogP contribution in [0, 0.1) is 6.92 Å². The number of hydrogen-bond donors (Lipinski definition) is 2. The van der Waals surface area contributed by atoms with Crippen LogP contribution in [0.1, 0.15) is 28.5 Å². The Morgan fingerprint density at radius 3 is 2.60 bits per heavy atom. The zero-order valence-electron chi connectivity index (χ0n) is 13.8. The van der Waals surface area contributed by atoms with Gasteiger partial charge in [0.05, 0.1) is 0 Å². The molecule has 5 nitrogen and oxygen atoms in total. The zero-order valence-corrected chi connectivity index (χ0v) is 16.2. The molecule has 0 fully saturated rings. The molecular weight excluding hydrogens is 404 g/mol. The molecule has 0 saturated carbocycles. The van der Waals surface area contributed by atoms with E-state index < -0.39 is 15.9 Å². The van der Waals surface area contributed by atoms with Crippen LogP contribution in [0.5, 0.6) is 0 Å². The van der Waals surface area contributed by atoms with Gasteiger partial charge in [-0.05, 0) is 65.2 Å². The van der Waals surface area contributed by atoms with Crippen molar-refractivity contribution in [2.24, 2.45) is 0 Å². The number of sulfonamides is 1. The third-order valence-corrected chi connectivity index (χ3v) is 6.47. The number of aromatic nitrogens is 1. The van der Waals surface area contributed by atoms with E-state index in [1.54, 1.807) is 36.4 Å². The molecule has 0 radical (unpaired) electrons. The minimum atomic E-state index is -3.96. The summed E-state index contributed by atoms with van der Waals surface area (Å²) in [5.41, 5.74) is 3.40. The van der Waals surface area contributed by atoms with Gasteiger partial charge in [-0.2, -0.15) is 0 Å². The first kappa shape index (κ1) is 17.7. The number of aryl methyl sites for hydroxylation is 2. The molecule has 0 aliphatic carbocycles. The summed E-state index contributed by atoms with van der Waals surface area (Å²) in [7, 11) is -3.96. The van der Waals surface area contributed by atoms with Gasteiger partial charge in [0.25, 0.3) is 15.9 Å². The Bertz CT molecular complexity index is 1070. The molecule has 0 aliphatic rings. The molecule has 2 N–H and O–H groups in total. The van der Waals surface area contributed by atoms with Crippen LogP contribution in [-0.2, 0) is 16.4 Å². The summed E-state index contributed by atoms with van der Waals surface area (Å²) in [5.74, 6) is -0.656. The van der Waals surface area contributed by atoms with Crippen LogP contribution in [0.4, 0.5) is 0 Å². The van der Waals surface area contributed by atoms with Gasteiger partial charge in [0.2, 0.25) is 0 Å². The van der Waals surface area contributed by atoms with Crippen molar-refractivity contribution >= 4 is 42.8 Å². The lowest BCUT2D eigenvalue weighted by atomic mass is 10.1. The van der Waals surface area contributed by atoms with Crippen LogP contribution in [0.2, 0.25) is 0 Å². The molecule has 1 aromatic heterocycles. The SMILES string of the molecule is CCc1[nH]c2ccc(C(=O)NS(=O)(=O)c3ccccc3Br)cc2c1C. The largest absolute Gasteiger partial charge is 0.358 e. The Morgan fingerprint density at radius 1 is 1.20 bits per heavy atom. The average molecular weight is 421 g/mol. The molecular formula is C18H17BrN2O3S. The second-order valence-electron chi connectivity index (χ2n) is 5.71. The highest BCUT2D eigenvalue weighted by molar-refractivity contribution is 9.10. The molecule has 0 spiro atoms. The monoisotopic (exact) mass is 420 g/mol. The molecule has 0 saturated heterocycles. The van der Waals surface area contributed by atoms with Crippen LogP contribution < -0.4 is 4.72 Å². The Labute approximate surface area is 154 Å². The fraction of sp³-hybridized carbons (Fsp3) is 0.167. The maximum Gasteiger partial charge on any atom is 0.265 e. The number of fused-ring (bicyclic) bond motifs is 1. The van der Waals surface area contributed by atoms with E-state index in [1.807, 2.05) is 6.92 Å². The van der Waals surface area contributed by atoms with Crippen molar-refractivity contribution in [3.63, 3.8) is 0 Å². The highest BCUT2D eigenvalue weighted by atomic mass is 79.9. The van der Waals surface area contributed by atoms with Crippen LogP contribution in [0.25, 0.3) is 10.9 Å². The highest BCUT2D eigenvalue weighted by Gasteiger charge is 2.21. The van der Waals surface area contributed by atoms with Crippen LogP contribution in [-0.4, -0.2) is 19.3 Å². The van der Waals surface area contributed by atoms with Gasteiger partial charge >= 0.3 is 0 Å². The van der Waals surface area contributed by atoms with Crippen molar-refractivity contribution in [2.45, 2.75) is 25.2 Å². The average Bonchev–Trinajstić information content (AvgIpc) is 2.90. The smallest absolute Gasteiger partial charge is 0.265 e. The molecule has 25 heavy (non-hydrogen) atoms. The van der Waals surface area contributed by atoms with E-state index in [-0.39, 0.29) is 4.90 Å². The summed E-state index contributed by atoms with van der Waals surface area (Å²) < 4.78 is 27.4. The number of nitrogens with one attached hydrogen (secondary N) is 2. The lowest BCUT2D eigenvalue weighted by Crippen LogP contribution is -2.30. The normalized spacial score (nSPS) is 11.6. The summed E-state index contributed by atoms with van der Waals surface area (Å²) in [6, 6.07) is 11.5. The lowest BCUT2D eigenvalue weighted by Gasteiger charge is -2.08. The van der Waals surface area contributed by atoms with Crippen molar-refractivity contribution in [2.75, 3.05) is 0 Å². The molecule has 0 aliphatic heterocycles. The third-order valence-electron chi connectivity index (χ3n) is 4.13. The van der Waals surface area contributed by atoms with Gasteiger partial charge in [-0.1, -0.05) is 19.1 Å². The topological polar surface area (TPSA) is 79.0 Å². The van der Waals surface area contributed by atoms with E-state index in [0.29, 0.717) is 10.0 Å². The summed E-state index contributed by atoms with van der Waals surface area (Å²) in [5, 5.41) is 0.919. The Morgan fingerprint density at radius 2 is 1.92 bits per heavy atom. The number of H-pyrrole nitrogens is 1. The molecule has 0 bridgehead atoms. The second kappa shape index (κ2) is 6.65. The summed E-state index contributed by atoms with van der Waals surface area (Å²) in [4.78, 5) is 15.8. The molecule has 7 heteroatoms. The van der Waals surface area contributed by atoms with Crippen molar-refractivity contribution < 1.29 is 13.2 Å². The molecule has 0 unspecified atom stereocenters. The number of amides is 1. The predicted octanol–water partition coefficient (Wildman–Crippen LogP) is 3.92. The van der Waals surface area contributed by atoms with Crippen molar-refractivity contribution in [1.29, 1.82) is 0 Å². The number of benzene rings is 2. The third kappa shape index (κ3) is 3.34. The van der Waals surface area contributed by atoms with Crippen LogP contribution in [0.15, 0.2) is 51.8 Å². The highest BCUT2D eigenvalue weighted by Crippen LogP contribution is 2.24. The van der Waals surface area contributed by atoms with Gasteiger partial charge in [-0.25, -0.2) is 13.1 Å². The molecule has 1 heterocycles. The van der Waals surface area contributed by atoms with E-state index in [9.17, 15) is 13.2 Å². The maximum atomic E-state index is 12.5. The number of carbonyl (C=O) groups is 1. The van der Waals surface area contributed by atoms with Gasteiger partial charge < -0.3 is 4.98 Å². The second-order valence-corrected chi connectivity index (χ2v) is 8.21. The Kier molecular flexibility index (Phi) is 4.71. The van der Waals surface area contributed by atoms with Crippen LogP contribution >= 0.6 is 15.9 Å². The predicted molar refractivity (Wildman–Crippen MR) is 101 cm³/mol. The first-order chi connectivity index (χ1) is 11.8. The first-order valence-corrected chi connectivity index (χ1v) is 10.0. The summed E-state index contributed by atoms with van der Waals surface area (Å²) in [6.45, 7) is 4.03. The summed E-state index contributed by atoms with van der Waals surface area (Å²) >= 11 is 3.20. The quantitative estimate of drug-likeness (QED) is 0.670. The molecule has 1 amide bonds. The standard InChI is InChI=1S/C18H17BrN2O3S/c1-3-15-11(2)13-10-12(8-9-16(13)20-15)18(22)21-25(23,24)17-7-5-4-6-14(17)19/h4-10,20H,3H2,1-2H3,(H,21,22). The molecule has 0 atom stereocenters.